The number of carboxylic acids is 1. The fourth-order valence-electron chi connectivity index (χ4n) is 4.31. The molecule has 2 heterocycles. The lowest BCUT2D eigenvalue weighted by atomic mass is 10.0. The summed E-state index contributed by atoms with van der Waals surface area (Å²) in [6.07, 6.45) is 2.10. The first kappa shape index (κ1) is 25.4. The second kappa shape index (κ2) is 9.40. The first-order chi connectivity index (χ1) is 16.9. The van der Waals surface area contributed by atoms with E-state index in [9.17, 15) is 26.4 Å². The van der Waals surface area contributed by atoms with Gasteiger partial charge >= 0.3 is 5.97 Å². The summed E-state index contributed by atoms with van der Waals surface area (Å²) in [6.45, 7) is 1.56. The minimum atomic E-state index is -3.72. The molecule has 36 heavy (non-hydrogen) atoms. The number of benzene rings is 2. The molecular formula is C25H24N2O7S2. The number of hydrogen-bond acceptors (Lipinski definition) is 6. The zero-order valence-electron chi connectivity index (χ0n) is 19.5. The van der Waals surface area contributed by atoms with E-state index in [1.54, 1.807) is 37.3 Å². The summed E-state index contributed by atoms with van der Waals surface area (Å²) < 4.78 is 50.9. The largest absolute Gasteiger partial charge is 0.481 e. The van der Waals surface area contributed by atoms with Gasteiger partial charge < -0.3 is 15.4 Å². The number of rotatable bonds is 8. The second-order valence-electron chi connectivity index (χ2n) is 8.60. The number of hydrogen-bond donors (Lipinski definition) is 3. The molecule has 1 aliphatic rings. The predicted octanol–water partition coefficient (Wildman–Crippen LogP) is 3.21. The second-order valence-corrected chi connectivity index (χ2v) is 12.5. The van der Waals surface area contributed by atoms with Gasteiger partial charge in [-0.05, 0) is 48.7 Å². The van der Waals surface area contributed by atoms with E-state index in [0.29, 0.717) is 22.5 Å². The minimum Gasteiger partial charge on any atom is -0.481 e. The molecule has 0 atom stereocenters. The standard InChI is InChI=1S/C25H24N2O7S2/c1-15-24(35(2,31)32)18(9-11-23(28)29)22(26-15)13-20-19-12-17(8-10-21(19)27-25(20)30)36(33,34)14-16-6-4-3-5-7-16/h3-8,10,12-13,26H,9,11,14H2,1-2H3,(H,27,30)(H,28,29). The molecule has 1 aromatic heterocycles. The summed E-state index contributed by atoms with van der Waals surface area (Å²) in [7, 11) is -7.40. The minimum absolute atomic E-state index is 0.00609. The van der Waals surface area contributed by atoms with E-state index in [4.69, 9.17) is 5.11 Å². The summed E-state index contributed by atoms with van der Waals surface area (Å²) in [5.74, 6) is -1.79. The van der Waals surface area contributed by atoms with Crippen LogP contribution in [0.25, 0.3) is 11.6 Å². The Kier molecular flexibility index (Phi) is 6.63. The third-order valence-corrected chi connectivity index (χ3v) is 8.82. The van der Waals surface area contributed by atoms with Gasteiger partial charge in [0.15, 0.2) is 19.7 Å². The van der Waals surface area contributed by atoms with Crippen LogP contribution in [0.15, 0.2) is 58.3 Å². The zero-order chi connectivity index (χ0) is 26.3. The fourth-order valence-corrected chi connectivity index (χ4v) is 6.95. The molecule has 0 unspecified atom stereocenters. The summed E-state index contributed by atoms with van der Waals surface area (Å²) in [5.41, 5.74) is 2.40. The molecule has 1 amide bonds. The highest BCUT2D eigenvalue weighted by Crippen LogP contribution is 2.37. The van der Waals surface area contributed by atoms with Gasteiger partial charge in [-0.3, -0.25) is 9.59 Å². The van der Waals surface area contributed by atoms with Crippen molar-refractivity contribution in [2.24, 2.45) is 0 Å². The summed E-state index contributed by atoms with van der Waals surface area (Å²) >= 11 is 0. The van der Waals surface area contributed by atoms with Crippen LogP contribution in [0.2, 0.25) is 0 Å². The van der Waals surface area contributed by atoms with Crippen molar-refractivity contribution >= 4 is 48.9 Å². The Morgan fingerprint density at radius 2 is 1.75 bits per heavy atom. The molecule has 2 aromatic carbocycles. The zero-order valence-corrected chi connectivity index (χ0v) is 21.2. The van der Waals surface area contributed by atoms with Crippen LogP contribution in [0.5, 0.6) is 0 Å². The number of carbonyl (C=O) groups is 2. The van der Waals surface area contributed by atoms with E-state index in [2.05, 4.69) is 10.3 Å². The average molecular weight is 529 g/mol. The van der Waals surface area contributed by atoms with Crippen LogP contribution in [0.4, 0.5) is 5.69 Å². The molecule has 0 saturated carbocycles. The van der Waals surface area contributed by atoms with Crippen molar-refractivity contribution in [3.8, 4) is 0 Å². The molecule has 3 N–H and O–H groups in total. The SMILES string of the molecule is Cc1[nH]c(C=C2C(=O)Nc3ccc(S(=O)(=O)Cc4ccccc4)cc32)c(CCC(=O)O)c1S(C)(=O)=O. The van der Waals surface area contributed by atoms with E-state index in [0.717, 1.165) is 6.26 Å². The number of aryl methyl sites for hydroxylation is 1. The van der Waals surface area contributed by atoms with E-state index < -0.39 is 31.6 Å². The maximum absolute atomic E-state index is 13.1. The lowest BCUT2D eigenvalue weighted by molar-refractivity contribution is -0.137. The Balaban J connectivity index is 1.80. The van der Waals surface area contributed by atoms with Crippen LogP contribution < -0.4 is 5.32 Å². The quantitative estimate of drug-likeness (QED) is 0.380. The Hall–Kier alpha value is -3.70. The van der Waals surface area contributed by atoms with Gasteiger partial charge in [-0.25, -0.2) is 16.8 Å². The number of amides is 1. The number of aromatic nitrogens is 1. The van der Waals surface area contributed by atoms with E-state index in [1.165, 1.54) is 24.3 Å². The number of H-pyrrole nitrogens is 1. The van der Waals surface area contributed by atoms with Crippen LogP contribution in [0, 0.1) is 6.92 Å². The Labute approximate surface area is 208 Å². The molecule has 3 aromatic rings. The Morgan fingerprint density at radius 1 is 1.06 bits per heavy atom. The van der Waals surface area contributed by atoms with Crippen LogP contribution in [-0.4, -0.2) is 45.1 Å². The molecule has 11 heteroatoms. The first-order valence-corrected chi connectivity index (χ1v) is 14.5. The average Bonchev–Trinajstić information content (AvgIpc) is 3.27. The molecule has 0 saturated heterocycles. The van der Waals surface area contributed by atoms with Crippen molar-refractivity contribution in [3.63, 3.8) is 0 Å². The Morgan fingerprint density at radius 3 is 2.39 bits per heavy atom. The predicted molar refractivity (Wildman–Crippen MR) is 135 cm³/mol. The third-order valence-electron chi connectivity index (χ3n) is 5.84. The number of carbonyl (C=O) groups excluding carboxylic acids is 1. The number of anilines is 1. The van der Waals surface area contributed by atoms with Gasteiger partial charge in [0.05, 0.1) is 21.1 Å². The van der Waals surface area contributed by atoms with Crippen LogP contribution in [0.1, 0.15) is 34.5 Å². The van der Waals surface area contributed by atoms with Crippen molar-refractivity contribution in [3.05, 3.63) is 76.6 Å². The topological polar surface area (TPSA) is 150 Å². The third kappa shape index (κ3) is 5.12. The van der Waals surface area contributed by atoms with Gasteiger partial charge in [-0.1, -0.05) is 30.3 Å². The van der Waals surface area contributed by atoms with Crippen LogP contribution >= 0.6 is 0 Å². The lowest BCUT2D eigenvalue weighted by Crippen LogP contribution is -2.06. The fraction of sp³-hybridized carbons (Fsp3) is 0.200. The van der Waals surface area contributed by atoms with Gasteiger partial charge in [0.2, 0.25) is 0 Å². The van der Waals surface area contributed by atoms with Gasteiger partial charge in [0.25, 0.3) is 5.91 Å². The molecule has 188 valence electrons. The highest BCUT2D eigenvalue weighted by molar-refractivity contribution is 7.91. The van der Waals surface area contributed by atoms with Crippen LogP contribution in [-0.2, 0) is 41.4 Å². The van der Waals surface area contributed by atoms with Crippen molar-refractivity contribution in [1.82, 2.24) is 4.98 Å². The lowest BCUT2D eigenvalue weighted by Gasteiger charge is -2.07. The molecular weight excluding hydrogens is 504 g/mol. The number of nitrogens with one attached hydrogen (secondary N) is 2. The van der Waals surface area contributed by atoms with E-state index in [-0.39, 0.29) is 45.2 Å². The van der Waals surface area contributed by atoms with E-state index in [1.807, 2.05) is 0 Å². The van der Waals surface area contributed by atoms with Crippen molar-refractivity contribution in [2.45, 2.75) is 35.3 Å². The smallest absolute Gasteiger partial charge is 0.303 e. The highest BCUT2D eigenvalue weighted by atomic mass is 32.2. The number of carboxylic acid groups (broad SMARTS) is 1. The molecule has 9 nitrogen and oxygen atoms in total. The Bertz CT molecular complexity index is 1620. The highest BCUT2D eigenvalue weighted by Gasteiger charge is 2.29. The van der Waals surface area contributed by atoms with E-state index >= 15 is 0 Å². The summed E-state index contributed by atoms with van der Waals surface area (Å²) in [6, 6.07) is 13.1. The molecule has 0 radical (unpaired) electrons. The molecule has 0 fully saturated rings. The van der Waals surface area contributed by atoms with Crippen molar-refractivity contribution < 1.29 is 31.5 Å². The maximum Gasteiger partial charge on any atom is 0.303 e. The number of fused-ring (bicyclic) bond motifs is 1. The number of sulfone groups is 2. The van der Waals surface area contributed by atoms with Crippen LogP contribution in [0.3, 0.4) is 0 Å². The number of aliphatic carboxylic acids is 1. The molecule has 0 spiro atoms. The molecule has 0 aliphatic carbocycles. The maximum atomic E-state index is 13.1. The van der Waals surface area contributed by atoms with Gasteiger partial charge in [-0.15, -0.1) is 0 Å². The van der Waals surface area contributed by atoms with Crippen molar-refractivity contribution in [1.29, 1.82) is 0 Å². The molecule has 4 rings (SSSR count). The van der Waals surface area contributed by atoms with Crippen molar-refractivity contribution in [2.75, 3.05) is 11.6 Å². The number of aromatic amines is 1. The first-order valence-electron chi connectivity index (χ1n) is 10.9. The summed E-state index contributed by atoms with van der Waals surface area (Å²) in [5, 5.41) is 11.8. The van der Waals surface area contributed by atoms with Gasteiger partial charge in [0.1, 0.15) is 0 Å². The molecule has 0 bridgehead atoms. The molecule has 1 aliphatic heterocycles. The van der Waals surface area contributed by atoms with Gasteiger partial charge in [-0.2, -0.15) is 0 Å². The summed E-state index contributed by atoms with van der Waals surface area (Å²) in [4.78, 5) is 27.0. The monoisotopic (exact) mass is 528 g/mol. The normalized spacial score (nSPS) is 14.6. The van der Waals surface area contributed by atoms with Gasteiger partial charge in [0, 0.05) is 35.3 Å².